The number of ether oxygens (including phenoxy) is 2. The monoisotopic (exact) mass is 400 g/mol. The van der Waals surface area contributed by atoms with Crippen LogP contribution in [-0.2, 0) is 6.54 Å². The van der Waals surface area contributed by atoms with Crippen LogP contribution in [0.5, 0.6) is 11.5 Å². The number of aryl methyl sites for hydroxylation is 1. The van der Waals surface area contributed by atoms with Gasteiger partial charge in [0.15, 0.2) is 17.3 Å². The van der Waals surface area contributed by atoms with Crippen molar-refractivity contribution in [1.82, 2.24) is 5.32 Å². The molecule has 8 heteroatoms. The molecule has 3 rings (SSSR count). The van der Waals surface area contributed by atoms with E-state index in [1.54, 1.807) is 38.5 Å². The van der Waals surface area contributed by atoms with Crippen molar-refractivity contribution >= 4 is 28.2 Å². The minimum atomic E-state index is -0.358. The van der Waals surface area contributed by atoms with E-state index in [1.165, 1.54) is 17.6 Å². The van der Waals surface area contributed by atoms with Crippen LogP contribution in [0.4, 0.5) is 5.00 Å². The highest BCUT2D eigenvalue weighted by Crippen LogP contribution is 2.29. The molecule has 0 aliphatic carbocycles. The van der Waals surface area contributed by atoms with Crippen molar-refractivity contribution in [3.05, 3.63) is 64.4 Å². The van der Waals surface area contributed by atoms with E-state index >= 15 is 0 Å². The molecular formula is C20H20N2O5S. The van der Waals surface area contributed by atoms with Crippen molar-refractivity contribution in [1.29, 1.82) is 0 Å². The van der Waals surface area contributed by atoms with Gasteiger partial charge in [-0.25, -0.2) is 0 Å². The Labute approximate surface area is 166 Å². The van der Waals surface area contributed by atoms with E-state index in [0.717, 1.165) is 11.1 Å². The molecule has 2 N–H and O–H groups in total. The van der Waals surface area contributed by atoms with Gasteiger partial charge >= 0.3 is 0 Å². The molecule has 28 heavy (non-hydrogen) atoms. The molecule has 146 valence electrons. The summed E-state index contributed by atoms with van der Waals surface area (Å²) in [6.07, 6.45) is 1.43. The first-order valence-electron chi connectivity index (χ1n) is 8.46. The Hall–Kier alpha value is -3.26. The average Bonchev–Trinajstić information content (AvgIpc) is 3.35. The lowest BCUT2D eigenvalue weighted by Crippen LogP contribution is -2.22. The molecule has 0 spiro atoms. The number of carbonyl (C=O) groups is 2. The fourth-order valence-corrected chi connectivity index (χ4v) is 3.59. The van der Waals surface area contributed by atoms with Gasteiger partial charge in [0.2, 0.25) is 0 Å². The Morgan fingerprint density at radius 1 is 1.07 bits per heavy atom. The molecular weight excluding hydrogens is 380 g/mol. The summed E-state index contributed by atoms with van der Waals surface area (Å²) in [4.78, 5) is 25.2. The van der Waals surface area contributed by atoms with Gasteiger partial charge < -0.3 is 24.5 Å². The molecule has 0 saturated carbocycles. The van der Waals surface area contributed by atoms with E-state index in [0.29, 0.717) is 27.9 Å². The van der Waals surface area contributed by atoms with Crippen molar-refractivity contribution in [3.8, 4) is 11.5 Å². The third-order valence-corrected chi connectivity index (χ3v) is 5.16. The standard InChI is InChI=1S/C20H20N2O5S/c1-12-9-17(22-19(23)15-5-4-8-27-15)28-18(12)20(24)21-11-13-6-7-14(25-2)16(10-13)26-3/h4-10H,11H2,1-3H3,(H,21,24)(H,22,23). The number of methoxy groups -OCH3 is 2. The second kappa shape index (κ2) is 8.62. The molecule has 0 atom stereocenters. The fraction of sp³-hybridized carbons (Fsp3) is 0.200. The van der Waals surface area contributed by atoms with Gasteiger partial charge in [-0.3, -0.25) is 9.59 Å². The second-order valence-corrected chi connectivity index (χ2v) is 6.98. The number of nitrogens with one attached hydrogen (secondary N) is 2. The van der Waals surface area contributed by atoms with Crippen LogP contribution >= 0.6 is 11.3 Å². The topological polar surface area (TPSA) is 89.8 Å². The van der Waals surface area contributed by atoms with E-state index in [9.17, 15) is 9.59 Å². The predicted octanol–water partition coefficient (Wildman–Crippen LogP) is 3.85. The molecule has 0 aliphatic rings. The van der Waals surface area contributed by atoms with Crippen molar-refractivity contribution in [2.24, 2.45) is 0 Å². The Kier molecular flexibility index (Phi) is 6.00. The number of thiophene rings is 1. The van der Waals surface area contributed by atoms with Crippen LogP contribution in [0.2, 0.25) is 0 Å². The highest BCUT2D eigenvalue weighted by molar-refractivity contribution is 7.18. The van der Waals surface area contributed by atoms with Gasteiger partial charge in [-0.2, -0.15) is 0 Å². The van der Waals surface area contributed by atoms with Crippen LogP contribution < -0.4 is 20.1 Å². The summed E-state index contributed by atoms with van der Waals surface area (Å²) in [7, 11) is 3.13. The van der Waals surface area contributed by atoms with Gasteiger partial charge in [0.05, 0.1) is 30.4 Å². The Bertz CT molecular complexity index is 979. The summed E-state index contributed by atoms with van der Waals surface area (Å²) in [5.74, 6) is 0.873. The maximum atomic E-state index is 12.6. The smallest absolute Gasteiger partial charge is 0.291 e. The van der Waals surface area contributed by atoms with E-state index in [1.807, 2.05) is 19.1 Å². The number of amides is 2. The van der Waals surface area contributed by atoms with Crippen LogP contribution in [0.15, 0.2) is 47.1 Å². The van der Waals surface area contributed by atoms with Crippen LogP contribution in [0.3, 0.4) is 0 Å². The molecule has 0 fully saturated rings. The molecule has 2 amide bonds. The van der Waals surface area contributed by atoms with Gasteiger partial charge in [0.25, 0.3) is 11.8 Å². The van der Waals surface area contributed by atoms with Crippen molar-refractivity contribution in [2.45, 2.75) is 13.5 Å². The summed E-state index contributed by atoms with van der Waals surface area (Å²) in [5.41, 5.74) is 1.66. The minimum absolute atomic E-state index is 0.212. The number of hydrogen-bond donors (Lipinski definition) is 2. The zero-order valence-corrected chi connectivity index (χ0v) is 16.5. The number of hydrogen-bond acceptors (Lipinski definition) is 6. The lowest BCUT2D eigenvalue weighted by molar-refractivity contribution is 0.0953. The van der Waals surface area contributed by atoms with E-state index in [4.69, 9.17) is 13.9 Å². The predicted molar refractivity (Wildman–Crippen MR) is 106 cm³/mol. The number of benzene rings is 1. The Morgan fingerprint density at radius 3 is 2.54 bits per heavy atom. The van der Waals surface area contributed by atoms with Crippen LogP contribution in [-0.4, -0.2) is 26.0 Å². The van der Waals surface area contributed by atoms with Crippen LogP contribution in [0.25, 0.3) is 0 Å². The van der Waals surface area contributed by atoms with Crippen molar-refractivity contribution in [2.75, 3.05) is 19.5 Å². The lowest BCUT2D eigenvalue weighted by atomic mass is 10.2. The molecule has 0 bridgehead atoms. The van der Waals surface area contributed by atoms with E-state index in [-0.39, 0.29) is 17.6 Å². The SMILES string of the molecule is COc1ccc(CNC(=O)c2sc(NC(=O)c3ccco3)cc2C)cc1OC. The second-order valence-electron chi connectivity index (χ2n) is 5.93. The van der Waals surface area contributed by atoms with E-state index in [2.05, 4.69) is 10.6 Å². The van der Waals surface area contributed by atoms with Crippen molar-refractivity contribution in [3.63, 3.8) is 0 Å². The largest absolute Gasteiger partial charge is 0.493 e. The fourth-order valence-electron chi connectivity index (χ4n) is 2.60. The first kappa shape index (κ1) is 19.5. The quantitative estimate of drug-likeness (QED) is 0.629. The summed E-state index contributed by atoms with van der Waals surface area (Å²) in [6, 6.07) is 10.4. The normalized spacial score (nSPS) is 10.4. The lowest BCUT2D eigenvalue weighted by Gasteiger charge is -2.10. The molecule has 0 saturated heterocycles. The number of anilines is 1. The van der Waals surface area contributed by atoms with Crippen LogP contribution in [0, 0.1) is 6.92 Å². The Morgan fingerprint density at radius 2 is 1.86 bits per heavy atom. The highest BCUT2D eigenvalue weighted by atomic mass is 32.1. The van der Waals surface area contributed by atoms with Gasteiger partial charge in [0, 0.05) is 6.54 Å². The summed E-state index contributed by atoms with van der Waals surface area (Å²) in [5, 5.41) is 6.20. The molecule has 1 aromatic carbocycles. The molecule has 2 heterocycles. The molecule has 2 aromatic heterocycles. The molecule has 0 unspecified atom stereocenters. The summed E-state index contributed by atoms with van der Waals surface area (Å²) < 4.78 is 15.6. The molecule has 0 radical (unpaired) electrons. The first-order valence-corrected chi connectivity index (χ1v) is 9.28. The zero-order chi connectivity index (χ0) is 20.1. The number of rotatable bonds is 7. The zero-order valence-electron chi connectivity index (χ0n) is 15.7. The molecule has 7 nitrogen and oxygen atoms in total. The maximum Gasteiger partial charge on any atom is 0.291 e. The molecule has 3 aromatic rings. The average molecular weight is 400 g/mol. The van der Waals surface area contributed by atoms with Gasteiger partial charge in [-0.05, 0) is 48.4 Å². The van der Waals surface area contributed by atoms with Gasteiger partial charge in [-0.15, -0.1) is 11.3 Å². The maximum absolute atomic E-state index is 12.6. The van der Waals surface area contributed by atoms with Gasteiger partial charge in [-0.1, -0.05) is 6.07 Å². The minimum Gasteiger partial charge on any atom is -0.493 e. The third-order valence-electron chi connectivity index (χ3n) is 4.01. The summed E-state index contributed by atoms with van der Waals surface area (Å²) >= 11 is 1.21. The third kappa shape index (κ3) is 4.34. The van der Waals surface area contributed by atoms with Crippen molar-refractivity contribution < 1.29 is 23.5 Å². The number of furan rings is 1. The highest BCUT2D eigenvalue weighted by Gasteiger charge is 2.16. The van der Waals surface area contributed by atoms with E-state index < -0.39 is 0 Å². The van der Waals surface area contributed by atoms with Crippen LogP contribution in [0.1, 0.15) is 31.4 Å². The number of carbonyl (C=O) groups excluding carboxylic acids is 2. The first-order chi connectivity index (χ1) is 13.5. The summed E-state index contributed by atoms with van der Waals surface area (Å²) in [6.45, 7) is 2.16. The Balaban J connectivity index is 1.65. The molecule has 0 aliphatic heterocycles. The van der Waals surface area contributed by atoms with Gasteiger partial charge in [0.1, 0.15) is 0 Å².